The number of hydrogen-bond donors (Lipinski definition) is 1. The van der Waals surface area contributed by atoms with E-state index >= 15 is 0 Å². The van der Waals surface area contributed by atoms with Crippen molar-refractivity contribution < 1.29 is 35.3 Å². The van der Waals surface area contributed by atoms with Gasteiger partial charge in [-0.2, -0.15) is 21.6 Å². The van der Waals surface area contributed by atoms with E-state index in [9.17, 15) is 26.4 Å². The topological polar surface area (TPSA) is 81.7 Å². The van der Waals surface area contributed by atoms with Crippen molar-refractivity contribution in [3.8, 4) is 0 Å². The number of allylic oxidation sites excluding steroid dienone is 1. The monoisotopic (exact) mass is 359 g/mol. The van der Waals surface area contributed by atoms with E-state index in [0.717, 1.165) is 0 Å². The van der Waals surface area contributed by atoms with Crippen LogP contribution >= 0.6 is 0 Å². The predicted molar refractivity (Wildman–Crippen MR) is 75.8 cm³/mol. The largest absolute Gasteiger partial charge is 0.534 e. The SMILES string of the molecule is CC1(NC(=O)OC(C)(C)C)CC=C(OS(=O)(=O)C(F)(F)F)CC1. The van der Waals surface area contributed by atoms with Crippen LogP contribution in [-0.2, 0) is 19.0 Å². The van der Waals surface area contributed by atoms with Crippen molar-refractivity contribution in [2.45, 2.75) is 63.6 Å². The molecule has 0 aromatic heterocycles. The van der Waals surface area contributed by atoms with Crippen molar-refractivity contribution in [2.24, 2.45) is 0 Å². The van der Waals surface area contributed by atoms with Gasteiger partial charge in [-0.3, -0.25) is 0 Å². The molecule has 1 atom stereocenters. The third-order valence-electron chi connectivity index (χ3n) is 3.01. The second-order valence-corrected chi connectivity index (χ2v) is 8.08. The van der Waals surface area contributed by atoms with Gasteiger partial charge in [0.25, 0.3) is 0 Å². The average Bonchev–Trinajstić information content (AvgIpc) is 2.27. The highest BCUT2D eigenvalue weighted by Gasteiger charge is 2.49. The summed E-state index contributed by atoms with van der Waals surface area (Å²) in [5, 5.41) is 2.63. The molecule has 23 heavy (non-hydrogen) atoms. The van der Waals surface area contributed by atoms with Gasteiger partial charge in [0.1, 0.15) is 11.4 Å². The van der Waals surface area contributed by atoms with E-state index in [0.29, 0.717) is 0 Å². The highest BCUT2D eigenvalue weighted by atomic mass is 32.2. The lowest BCUT2D eigenvalue weighted by atomic mass is 9.87. The van der Waals surface area contributed by atoms with Crippen molar-refractivity contribution in [1.82, 2.24) is 5.32 Å². The molecule has 0 aliphatic heterocycles. The molecule has 134 valence electrons. The second-order valence-electron chi connectivity index (χ2n) is 6.55. The molecule has 0 aromatic carbocycles. The van der Waals surface area contributed by atoms with Crippen LogP contribution in [0.25, 0.3) is 0 Å². The third kappa shape index (κ3) is 5.92. The first-order chi connectivity index (χ1) is 10.1. The number of alkyl halides is 3. The molecular weight excluding hydrogens is 339 g/mol. The highest BCUT2D eigenvalue weighted by molar-refractivity contribution is 7.87. The third-order valence-corrected chi connectivity index (χ3v) is 4.01. The van der Waals surface area contributed by atoms with E-state index in [4.69, 9.17) is 4.74 Å². The van der Waals surface area contributed by atoms with Gasteiger partial charge in [0.15, 0.2) is 0 Å². The minimum atomic E-state index is -5.66. The van der Waals surface area contributed by atoms with Gasteiger partial charge in [0.05, 0.1) is 0 Å². The Hall–Kier alpha value is -1.45. The molecule has 0 aromatic rings. The van der Waals surface area contributed by atoms with Crippen LogP contribution in [-0.4, -0.2) is 31.2 Å². The molecule has 0 radical (unpaired) electrons. The summed E-state index contributed by atoms with van der Waals surface area (Å²) in [5.74, 6) is -0.286. The van der Waals surface area contributed by atoms with Crippen LogP contribution < -0.4 is 5.32 Å². The minimum absolute atomic E-state index is 0.0540. The Balaban J connectivity index is 2.69. The Kier molecular flexibility index (Phi) is 5.30. The molecule has 1 aliphatic carbocycles. The van der Waals surface area contributed by atoms with E-state index < -0.39 is 32.9 Å². The molecule has 1 rings (SSSR count). The van der Waals surface area contributed by atoms with Crippen LogP contribution in [0.15, 0.2) is 11.8 Å². The Morgan fingerprint density at radius 3 is 2.26 bits per heavy atom. The van der Waals surface area contributed by atoms with E-state index in [1.807, 2.05) is 0 Å². The van der Waals surface area contributed by atoms with Gasteiger partial charge in [0.2, 0.25) is 0 Å². The molecule has 6 nitrogen and oxygen atoms in total. The highest BCUT2D eigenvalue weighted by Crippen LogP contribution is 2.32. The van der Waals surface area contributed by atoms with Gasteiger partial charge in [-0.25, -0.2) is 4.79 Å². The molecule has 10 heteroatoms. The van der Waals surface area contributed by atoms with Gasteiger partial charge < -0.3 is 14.2 Å². The summed E-state index contributed by atoms with van der Waals surface area (Å²) in [4.78, 5) is 11.7. The lowest BCUT2D eigenvalue weighted by molar-refractivity contribution is -0.0524. The fourth-order valence-corrected chi connectivity index (χ4v) is 2.40. The zero-order chi connectivity index (χ0) is 18.1. The normalized spacial score (nSPS) is 23.0. The summed E-state index contributed by atoms with van der Waals surface area (Å²) in [6.45, 7) is 6.78. The fraction of sp³-hybridized carbons (Fsp3) is 0.769. The molecule has 0 saturated carbocycles. The molecule has 0 saturated heterocycles. The minimum Gasteiger partial charge on any atom is -0.444 e. The molecule has 0 heterocycles. The molecule has 0 spiro atoms. The molecular formula is C13H20F3NO5S. The summed E-state index contributed by atoms with van der Waals surface area (Å²) < 4.78 is 67.8. The van der Waals surface area contributed by atoms with E-state index in [-0.39, 0.29) is 25.0 Å². The number of hydrogen-bond acceptors (Lipinski definition) is 5. The van der Waals surface area contributed by atoms with Crippen LogP contribution in [0.3, 0.4) is 0 Å². The quantitative estimate of drug-likeness (QED) is 0.618. The number of nitrogens with one attached hydrogen (secondary N) is 1. The van der Waals surface area contributed by atoms with Crippen LogP contribution in [0, 0.1) is 0 Å². The first kappa shape index (κ1) is 19.6. The summed E-state index contributed by atoms with van der Waals surface area (Å²) in [7, 11) is -5.66. The fourth-order valence-electron chi connectivity index (χ4n) is 1.87. The van der Waals surface area contributed by atoms with Crippen molar-refractivity contribution in [3.05, 3.63) is 11.8 Å². The van der Waals surface area contributed by atoms with Crippen molar-refractivity contribution in [3.63, 3.8) is 0 Å². The first-order valence-corrected chi connectivity index (χ1v) is 8.25. The molecule has 1 amide bonds. The second kappa shape index (κ2) is 6.21. The molecule has 0 bridgehead atoms. The first-order valence-electron chi connectivity index (χ1n) is 6.85. The van der Waals surface area contributed by atoms with Crippen LogP contribution in [0.1, 0.15) is 47.0 Å². The number of ether oxygens (including phenoxy) is 1. The van der Waals surface area contributed by atoms with Crippen LogP contribution in [0.2, 0.25) is 0 Å². The van der Waals surface area contributed by atoms with Crippen molar-refractivity contribution in [2.75, 3.05) is 0 Å². The number of carbonyl (C=O) groups excluding carboxylic acids is 1. The Bertz CT molecular complexity index is 592. The number of carbonyl (C=O) groups is 1. The molecule has 1 aliphatic rings. The van der Waals surface area contributed by atoms with Gasteiger partial charge in [-0.1, -0.05) is 0 Å². The number of alkyl carbamates (subject to hydrolysis) is 1. The van der Waals surface area contributed by atoms with E-state index in [2.05, 4.69) is 9.50 Å². The van der Waals surface area contributed by atoms with Gasteiger partial charge in [-0.15, -0.1) is 0 Å². The predicted octanol–water partition coefficient (Wildman–Crippen LogP) is 3.20. The Morgan fingerprint density at radius 1 is 1.30 bits per heavy atom. The molecule has 1 unspecified atom stereocenters. The Morgan fingerprint density at radius 2 is 1.87 bits per heavy atom. The number of rotatable bonds is 3. The molecule has 1 N–H and O–H groups in total. The maximum atomic E-state index is 12.3. The van der Waals surface area contributed by atoms with Gasteiger partial charge >= 0.3 is 21.7 Å². The van der Waals surface area contributed by atoms with E-state index in [1.165, 1.54) is 6.08 Å². The summed E-state index contributed by atoms with van der Waals surface area (Å²) >= 11 is 0. The summed E-state index contributed by atoms with van der Waals surface area (Å²) in [5.41, 5.74) is -6.90. The maximum Gasteiger partial charge on any atom is 0.534 e. The lowest BCUT2D eigenvalue weighted by Crippen LogP contribution is -2.48. The lowest BCUT2D eigenvalue weighted by Gasteiger charge is -2.34. The maximum absolute atomic E-state index is 12.3. The zero-order valence-corrected chi connectivity index (χ0v) is 14.1. The average molecular weight is 359 g/mol. The van der Waals surface area contributed by atoms with Crippen molar-refractivity contribution in [1.29, 1.82) is 0 Å². The van der Waals surface area contributed by atoms with E-state index in [1.54, 1.807) is 27.7 Å². The zero-order valence-electron chi connectivity index (χ0n) is 13.3. The Labute approximate surface area is 133 Å². The summed E-state index contributed by atoms with van der Waals surface area (Å²) in [6, 6.07) is 0. The van der Waals surface area contributed by atoms with Crippen molar-refractivity contribution >= 4 is 16.2 Å². The van der Waals surface area contributed by atoms with Crippen LogP contribution in [0.4, 0.5) is 18.0 Å². The molecule has 0 fully saturated rings. The number of halogens is 3. The van der Waals surface area contributed by atoms with Gasteiger partial charge in [-0.05, 0) is 46.6 Å². The number of amides is 1. The van der Waals surface area contributed by atoms with Crippen LogP contribution in [0.5, 0.6) is 0 Å². The smallest absolute Gasteiger partial charge is 0.444 e. The van der Waals surface area contributed by atoms with Gasteiger partial charge in [0, 0.05) is 12.0 Å². The summed E-state index contributed by atoms with van der Waals surface area (Å²) in [6.07, 6.45) is 0.854. The standard InChI is InChI=1S/C13H20F3NO5S/c1-11(2,3)21-10(18)17-12(4)7-5-9(6-8-12)22-23(19,20)13(14,15)16/h5H,6-8H2,1-4H3,(H,17,18).